The average Bonchev–Trinajstić information content (AvgIpc) is 2.94. The topological polar surface area (TPSA) is 23.5 Å². The first-order chi connectivity index (χ1) is 8.69. The van der Waals surface area contributed by atoms with Gasteiger partial charge in [0.25, 0.3) is 0 Å². The molecule has 0 amide bonds. The van der Waals surface area contributed by atoms with Crippen LogP contribution in [-0.4, -0.2) is 35.7 Å². The molecule has 1 aliphatic heterocycles. The molecule has 0 aromatic heterocycles. The van der Waals surface area contributed by atoms with E-state index in [1.807, 2.05) is 0 Å². The molecule has 18 heavy (non-hydrogen) atoms. The van der Waals surface area contributed by atoms with Crippen LogP contribution in [0.15, 0.2) is 0 Å². The van der Waals surface area contributed by atoms with E-state index in [2.05, 4.69) is 18.7 Å². The zero-order chi connectivity index (χ0) is 13.0. The maximum absolute atomic E-state index is 10.3. The number of β-amino-alcohol motifs (C(OH)–C–C–N with tert-alkyl or cyclic N) is 1. The van der Waals surface area contributed by atoms with Crippen molar-refractivity contribution in [3.8, 4) is 0 Å². The normalized spacial score (nSPS) is 27.5. The van der Waals surface area contributed by atoms with Gasteiger partial charge in [-0.05, 0) is 50.1 Å². The molecular formula is C16H31NO. The Kier molecular flexibility index (Phi) is 5.08. The molecule has 2 aliphatic rings. The molecule has 2 rings (SSSR count). The van der Waals surface area contributed by atoms with Crippen LogP contribution in [0.3, 0.4) is 0 Å². The Morgan fingerprint density at radius 1 is 1.11 bits per heavy atom. The maximum atomic E-state index is 10.3. The molecule has 2 fully saturated rings. The third-order valence-corrected chi connectivity index (χ3v) is 5.81. The van der Waals surface area contributed by atoms with Crippen molar-refractivity contribution in [2.45, 2.75) is 71.3 Å². The van der Waals surface area contributed by atoms with Gasteiger partial charge in [-0.15, -0.1) is 0 Å². The fourth-order valence-corrected chi connectivity index (χ4v) is 3.92. The highest BCUT2D eigenvalue weighted by Crippen LogP contribution is 2.38. The van der Waals surface area contributed by atoms with Crippen molar-refractivity contribution < 1.29 is 5.11 Å². The van der Waals surface area contributed by atoms with E-state index in [0.29, 0.717) is 11.3 Å². The molecule has 1 saturated heterocycles. The first-order valence-electron chi connectivity index (χ1n) is 8.09. The summed E-state index contributed by atoms with van der Waals surface area (Å²) in [7, 11) is 0. The second-order valence-electron chi connectivity index (χ2n) is 6.62. The summed E-state index contributed by atoms with van der Waals surface area (Å²) >= 11 is 0. The van der Waals surface area contributed by atoms with Gasteiger partial charge in [0.1, 0.15) is 0 Å². The summed E-state index contributed by atoms with van der Waals surface area (Å²) in [6.07, 6.45) is 10.4. The van der Waals surface area contributed by atoms with Crippen LogP contribution in [-0.2, 0) is 0 Å². The van der Waals surface area contributed by atoms with Gasteiger partial charge in [-0.3, -0.25) is 0 Å². The fraction of sp³-hybridized carbons (Fsp3) is 1.00. The number of nitrogens with zero attached hydrogens (tertiary/aromatic N) is 1. The molecular weight excluding hydrogens is 222 g/mol. The van der Waals surface area contributed by atoms with Gasteiger partial charge in [0, 0.05) is 6.54 Å². The third-order valence-electron chi connectivity index (χ3n) is 5.81. The van der Waals surface area contributed by atoms with Gasteiger partial charge in [0.2, 0.25) is 0 Å². The first kappa shape index (κ1) is 14.3. The molecule has 0 aromatic carbocycles. The Morgan fingerprint density at radius 3 is 2.17 bits per heavy atom. The van der Waals surface area contributed by atoms with Crippen molar-refractivity contribution in [2.24, 2.45) is 11.3 Å². The maximum Gasteiger partial charge on any atom is 0.0695 e. The van der Waals surface area contributed by atoms with Gasteiger partial charge >= 0.3 is 0 Å². The summed E-state index contributed by atoms with van der Waals surface area (Å²) in [6.45, 7) is 8.00. The van der Waals surface area contributed by atoms with Gasteiger partial charge in [-0.1, -0.05) is 39.5 Å². The molecule has 0 radical (unpaired) electrons. The highest BCUT2D eigenvalue weighted by molar-refractivity contribution is 4.86. The molecule has 0 spiro atoms. The van der Waals surface area contributed by atoms with E-state index in [-0.39, 0.29) is 6.10 Å². The summed E-state index contributed by atoms with van der Waals surface area (Å²) in [6, 6.07) is 0. The molecule has 1 unspecified atom stereocenters. The number of piperidine rings is 1. The number of likely N-dealkylation sites (tertiary alicyclic amines) is 1. The van der Waals surface area contributed by atoms with E-state index in [0.717, 1.165) is 6.54 Å². The molecule has 106 valence electrons. The lowest BCUT2D eigenvalue weighted by Crippen LogP contribution is -2.44. The van der Waals surface area contributed by atoms with Crippen molar-refractivity contribution in [3.05, 3.63) is 0 Å². The first-order valence-corrected chi connectivity index (χ1v) is 8.09. The van der Waals surface area contributed by atoms with Gasteiger partial charge in [0.05, 0.1) is 6.10 Å². The molecule has 1 N–H and O–H groups in total. The quantitative estimate of drug-likeness (QED) is 0.811. The van der Waals surface area contributed by atoms with Crippen molar-refractivity contribution in [1.29, 1.82) is 0 Å². The molecule has 0 aromatic rings. The predicted octanol–water partition coefficient (Wildman–Crippen LogP) is 3.44. The van der Waals surface area contributed by atoms with Crippen LogP contribution < -0.4 is 0 Å². The van der Waals surface area contributed by atoms with Gasteiger partial charge in [0.15, 0.2) is 0 Å². The number of hydrogen-bond donors (Lipinski definition) is 1. The summed E-state index contributed by atoms with van der Waals surface area (Å²) in [5, 5.41) is 10.3. The van der Waals surface area contributed by atoms with Crippen LogP contribution in [0, 0.1) is 11.3 Å². The van der Waals surface area contributed by atoms with E-state index in [1.54, 1.807) is 0 Å². The Bertz CT molecular complexity index is 233. The zero-order valence-corrected chi connectivity index (χ0v) is 12.3. The molecule has 1 aliphatic carbocycles. The highest BCUT2D eigenvalue weighted by Gasteiger charge is 2.32. The van der Waals surface area contributed by atoms with Gasteiger partial charge < -0.3 is 10.0 Å². The second-order valence-corrected chi connectivity index (χ2v) is 6.62. The molecule has 0 bridgehead atoms. The van der Waals surface area contributed by atoms with Crippen molar-refractivity contribution >= 4 is 0 Å². The lowest BCUT2D eigenvalue weighted by molar-refractivity contribution is 0.0300. The van der Waals surface area contributed by atoms with E-state index >= 15 is 0 Å². The highest BCUT2D eigenvalue weighted by atomic mass is 16.3. The lowest BCUT2D eigenvalue weighted by Gasteiger charge is -2.42. The van der Waals surface area contributed by atoms with E-state index in [4.69, 9.17) is 0 Å². The van der Waals surface area contributed by atoms with Crippen LogP contribution >= 0.6 is 0 Å². The van der Waals surface area contributed by atoms with Crippen LogP contribution in [0.1, 0.15) is 65.2 Å². The smallest absolute Gasteiger partial charge is 0.0695 e. The number of aliphatic hydroxyl groups is 1. The van der Waals surface area contributed by atoms with Crippen molar-refractivity contribution in [2.75, 3.05) is 19.6 Å². The third kappa shape index (κ3) is 3.27. The SMILES string of the molecule is CCC1(CC)CCN(CC(O)C2CCCC2)CC1. The Morgan fingerprint density at radius 2 is 1.67 bits per heavy atom. The largest absolute Gasteiger partial charge is 0.392 e. The minimum Gasteiger partial charge on any atom is -0.392 e. The zero-order valence-electron chi connectivity index (χ0n) is 12.3. The summed E-state index contributed by atoms with van der Waals surface area (Å²) in [4.78, 5) is 2.51. The molecule has 1 saturated carbocycles. The lowest BCUT2D eigenvalue weighted by atomic mass is 9.74. The minimum atomic E-state index is -0.0664. The summed E-state index contributed by atoms with van der Waals surface area (Å²) in [5.41, 5.74) is 0.606. The molecule has 2 nitrogen and oxygen atoms in total. The van der Waals surface area contributed by atoms with Gasteiger partial charge in [-0.25, -0.2) is 0 Å². The minimum absolute atomic E-state index is 0.0664. The standard InChI is InChI=1S/C16H31NO/c1-3-16(4-2)9-11-17(12-10-16)13-15(18)14-7-5-6-8-14/h14-15,18H,3-13H2,1-2H3. The Labute approximate surface area is 113 Å². The van der Waals surface area contributed by atoms with Crippen LogP contribution in [0.5, 0.6) is 0 Å². The van der Waals surface area contributed by atoms with Crippen molar-refractivity contribution in [3.63, 3.8) is 0 Å². The molecule has 1 atom stereocenters. The fourth-order valence-electron chi connectivity index (χ4n) is 3.92. The second kappa shape index (κ2) is 6.38. The Balaban J connectivity index is 1.76. The molecule has 2 heteroatoms. The summed E-state index contributed by atoms with van der Waals surface area (Å²) in [5.74, 6) is 0.592. The van der Waals surface area contributed by atoms with Crippen LogP contribution in [0.25, 0.3) is 0 Å². The van der Waals surface area contributed by atoms with Crippen LogP contribution in [0.4, 0.5) is 0 Å². The average molecular weight is 253 g/mol. The molecule has 1 heterocycles. The van der Waals surface area contributed by atoms with Crippen molar-refractivity contribution in [1.82, 2.24) is 4.90 Å². The Hall–Kier alpha value is -0.0800. The monoisotopic (exact) mass is 253 g/mol. The van der Waals surface area contributed by atoms with Gasteiger partial charge in [-0.2, -0.15) is 0 Å². The number of rotatable bonds is 5. The van der Waals surface area contributed by atoms with E-state index in [1.165, 1.54) is 64.5 Å². The van der Waals surface area contributed by atoms with E-state index < -0.39 is 0 Å². The van der Waals surface area contributed by atoms with E-state index in [9.17, 15) is 5.11 Å². The number of aliphatic hydroxyl groups excluding tert-OH is 1. The number of hydrogen-bond acceptors (Lipinski definition) is 2. The predicted molar refractivity (Wildman–Crippen MR) is 76.7 cm³/mol. The van der Waals surface area contributed by atoms with Crippen LogP contribution in [0.2, 0.25) is 0 Å². The summed E-state index contributed by atoms with van der Waals surface area (Å²) < 4.78 is 0.